The number of benzene rings is 1. The molecule has 0 aliphatic rings. The molecule has 0 spiro atoms. The zero-order valence-electron chi connectivity index (χ0n) is 8.49. The Hall–Kier alpha value is -1.15. The molecule has 0 fully saturated rings. The van der Waals surface area contributed by atoms with E-state index in [2.05, 4.69) is 0 Å². The normalized spacial score (nSPS) is 12.1. The van der Waals surface area contributed by atoms with E-state index in [0.29, 0.717) is 6.42 Å². The Balaban J connectivity index is 2.80. The largest absolute Gasteiger partial charge is 0.396 e. The minimum Gasteiger partial charge on any atom is -0.396 e. The maximum Gasteiger partial charge on any atom is 0.171 e. The van der Waals surface area contributed by atoms with E-state index in [1.807, 2.05) is 6.07 Å². The number of nitriles is 1. The van der Waals surface area contributed by atoms with Crippen LogP contribution < -0.4 is 0 Å². The standard InChI is InChI=1S/C11H11ClFNO2/c12-9-4-1-3-8(11(9)13)10(7-14)16-6-2-5-15/h1,3-4,10,15H,2,5-6H2. The summed E-state index contributed by atoms with van der Waals surface area (Å²) < 4.78 is 18.7. The molecule has 16 heavy (non-hydrogen) atoms. The number of ether oxygens (including phenoxy) is 1. The predicted molar refractivity (Wildman–Crippen MR) is 57.4 cm³/mol. The van der Waals surface area contributed by atoms with E-state index in [0.717, 1.165) is 0 Å². The van der Waals surface area contributed by atoms with Crippen molar-refractivity contribution in [3.05, 3.63) is 34.6 Å². The second kappa shape index (κ2) is 6.44. The average molecular weight is 244 g/mol. The van der Waals surface area contributed by atoms with Crippen LogP contribution in [0.5, 0.6) is 0 Å². The second-order valence-electron chi connectivity index (χ2n) is 3.10. The van der Waals surface area contributed by atoms with Crippen LogP contribution in [-0.2, 0) is 4.74 Å². The van der Waals surface area contributed by atoms with Gasteiger partial charge in [-0.15, -0.1) is 0 Å². The van der Waals surface area contributed by atoms with Gasteiger partial charge in [-0.3, -0.25) is 0 Å². The first-order chi connectivity index (χ1) is 7.70. The third-order valence-electron chi connectivity index (χ3n) is 1.97. The predicted octanol–water partition coefficient (Wildman–Crippen LogP) is 2.44. The van der Waals surface area contributed by atoms with Crippen molar-refractivity contribution in [3.63, 3.8) is 0 Å². The monoisotopic (exact) mass is 243 g/mol. The van der Waals surface area contributed by atoms with Gasteiger partial charge in [0.2, 0.25) is 0 Å². The Bertz CT molecular complexity index is 392. The van der Waals surface area contributed by atoms with Gasteiger partial charge in [-0.1, -0.05) is 23.7 Å². The van der Waals surface area contributed by atoms with E-state index >= 15 is 0 Å². The van der Waals surface area contributed by atoms with E-state index < -0.39 is 11.9 Å². The van der Waals surface area contributed by atoms with Crippen LogP contribution in [0.1, 0.15) is 18.1 Å². The molecular formula is C11H11ClFNO2. The lowest BCUT2D eigenvalue weighted by molar-refractivity contribution is 0.0753. The molecule has 1 aromatic rings. The molecule has 0 radical (unpaired) electrons. The number of hydrogen-bond acceptors (Lipinski definition) is 3. The molecule has 0 aliphatic heterocycles. The molecule has 1 unspecified atom stereocenters. The number of aliphatic hydroxyl groups is 1. The highest BCUT2D eigenvalue weighted by atomic mass is 35.5. The van der Waals surface area contributed by atoms with Gasteiger partial charge in [-0.2, -0.15) is 5.26 Å². The number of rotatable bonds is 5. The Morgan fingerprint density at radius 3 is 2.94 bits per heavy atom. The van der Waals surface area contributed by atoms with Crippen LogP contribution in [0.2, 0.25) is 5.02 Å². The lowest BCUT2D eigenvalue weighted by Crippen LogP contribution is -2.07. The number of aliphatic hydroxyl groups excluding tert-OH is 1. The van der Waals surface area contributed by atoms with Gasteiger partial charge in [0.1, 0.15) is 5.82 Å². The second-order valence-corrected chi connectivity index (χ2v) is 3.51. The maximum absolute atomic E-state index is 13.5. The number of halogens is 2. The summed E-state index contributed by atoms with van der Waals surface area (Å²) in [5.74, 6) is -0.639. The first kappa shape index (κ1) is 12.9. The third-order valence-corrected chi connectivity index (χ3v) is 2.26. The zero-order valence-corrected chi connectivity index (χ0v) is 9.25. The molecule has 86 valence electrons. The van der Waals surface area contributed by atoms with Crippen molar-refractivity contribution in [2.45, 2.75) is 12.5 Å². The Labute approximate surface area is 98.0 Å². The summed E-state index contributed by atoms with van der Waals surface area (Å²) in [4.78, 5) is 0. The first-order valence-corrected chi connectivity index (χ1v) is 5.14. The van der Waals surface area contributed by atoms with Crippen molar-refractivity contribution in [2.75, 3.05) is 13.2 Å². The lowest BCUT2D eigenvalue weighted by atomic mass is 10.1. The van der Waals surface area contributed by atoms with Gasteiger partial charge in [0.15, 0.2) is 6.10 Å². The van der Waals surface area contributed by atoms with Gasteiger partial charge >= 0.3 is 0 Å². The van der Waals surface area contributed by atoms with Crippen LogP contribution in [-0.4, -0.2) is 18.3 Å². The Morgan fingerprint density at radius 2 is 2.31 bits per heavy atom. The highest BCUT2D eigenvalue weighted by molar-refractivity contribution is 6.30. The molecule has 1 aromatic carbocycles. The molecule has 1 N–H and O–H groups in total. The fraction of sp³-hybridized carbons (Fsp3) is 0.364. The topological polar surface area (TPSA) is 53.2 Å². The van der Waals surface area contributed by atoms with Crippen molar-refractivity contribution in [3.8, 4) is 6.07 Å². The van der Waals surface area contributed by atoms with Crippen LogP contribution in [0.25, 0.3) is 0 Å². The van der Waals surface area contributed by atoms with Crippen molar-refractivity contribution in [1.82, 2.24) is 0 Å². The molecule has 5 heteroatoms. The molecule has 0 amide bonds. The molecule has 0 aromatic heterocycles. The van der Waals surface area contributed by atoms with Gasteiger partial charge in [-0.05, 0) is 12.5 Å². The summed E-state index contributed by atoms with van der Waals surface area (Å²) in [5, 5.41) is 17.4. The highest BCUT2D eigenvalue weighted by Crippen LogP contribution is 2.25. The molecule has 0 saturated heterocycles. The van der Waals surface area contributed by atoms with Gasteiger partial charge in [0.05, 0.1) is 17.7 Å². The summed E-state index contributed by atoms with van der Waals surface area (Å²) in [6.07, 6.45) is -0.592. The third kappa shape index (κ3) is 3.17. The van der Waals surface area contributed by atoms with Crippen LogP contribution in [0.3, 0.4) is 0 Å². The highest BCUT2D eigenvalue weighted by Gasteiger charge is 2.17. The molecule has 0 heterocycles. The smallest absolute Gasteiger partial charge is 0.171 e. The summed E-state index contributed by atoms with van der Waals surface area (Å²) in [5.41, 5.74) is 0.118. The molecule has 1 rings (SSSR count). The van der Waals surface area contributed by atoms with Gasteiger partial charge in [0.25, 0.3) is 0 Å². The molecule has 3 nitrogen and oxygen atoms in total. The summed E-state index contributed by atoms with van der Waals surface area (Å²) in [7, 11) is 0. The Kier molecular flexibility index (Phi) is 5.20. The van der Waals surface area contributed by atoms with Crippen molar-refractivity contribution >= 4 is 11.6 Å². The van der Waals surface area contributed by atoms with Gasteiger partial charge < -0.3 is 9.84 Å². The number of hydrogen-bond donors (Lipinski definition) is 1. The maximum atomic E-state index is 13.5. The summed E-state index contributed by atoms with van der Waals surface area (Å²) in [6, 6.07) is 6.26. The quantitative estimate of drug-likeness (QED) is 0.809. The van der Waals surface area contributed by atoms with Crippen LogP contribution in [0.4, 0.5) is 4.39 Å². The van der Waals surface area contributed by atoms with E-state index in [-0.39, 0.29) is 23.8 Å². The van der Waals surface area contributed by atoms with Crippen LogP contribution in [0.15, 0.2) is 18.2 Å². The van der Waals surface area contributed by atoms with E-state index in [9.17, 15) is 4.39 Å². The fourth-order valence-electron chi connectivity index (χ4n) is 1.19. The first-order valence-electron chi connectivity index (χ1n) is 4.76. The van der Waals surface area contributed by atoms with Gasteiger partial charge in [0, 0.05) is 12.2 Å². The molecule has 0 saturated carbocycles. The SMILES string of the molecule is N#CC(OCCCO)c1cccc(Cl)c1F. The minimum absolute atomic E-state index is 0.0316. The van der Waals surface area contributed by atoms with Crippen molar-refractivity contribution in [2.24, 2.45) is 0 Å². The molecule has 0 bridgehead atoms. The van der Waals surface area contributed by atoms with Crippen LogP contribution >= 0.6 is 11.6 Å². The van der Waals surface area contributed by atoms with Gasteiger partial charge in [-0.25, -0.2) is 4.39 Å². The molecular weight excluding hydrogens is 233 g/mol. The average Bonchev–Trinajstić information content (AvgIpc) is 2.29. The lowest BCUT2D eigenvalue weighted by Gasteiger charge is -2.11. The van der Waals surface area contributed by atoms with E-state index in [1.165, 1.54) is 12.1 Å². The Morgan fingerprint density at radius 1 is 1.56 bits per heavy atom. The number of nitrogens with zero attached hydrogens (tertiary/aromatic N) is 1. The van der Waals surface area contributed by atoms with Crippen molar-refractivity contribution in [1.29, 1.82) is 5.26 Å². The van der Waals surface area contributed by atoms with E-state index in [4.69, 9.17) is 26.7 Å². The van der Waals surface area contributed by atoms with Crippen LogP contribution in [0, 0.1) is 17.1 Å². The van der Waals surface area contributed by atoms with Crippen molar-refractivity contribution < 1.29 is 14.2 Å². The summed E-state index contributed by atoms with van der Waals surface area (Å²) in [6.45, 7) is 0.164. The summed E-state index contributed by atoms with van der Waals surface area (Å²) >= 11 is 5.60. The van der Waals surface area contributed by atoms with E-state index in [1.54, 1.807) is 6.07 Å². The minimum atomic E-state index is -0.995. The molecule has 1 atom stereocenters. The fourth-order valence-corrected chi connectivity index (χ4v) is 1.37. The zero-order chi connectivity index (χ0) is 12.0. The molecule has 0 aliphatic carbocycles.